The van der Waals surface area contributed by atoms with E-state index in [9.17, 15) is 4.79 Å². The Morgan fingerprint density at radius 1 is 1.47 bits per heavy atom. The summed E-state index contributed by atoms with van der Waals surface area (Å²) >= 11 is 11.6. The summed E-state index contributed by atoms with van der Waals surface area (Å²) in [6.45, 7) is 0.0725. The minimum Gasteiger partial charge on any atom is -0.394 e. The molecule has 0 saturated heterocycles. The van der Waals surface area contributed by atoms with Crippen LogP contribution >= 0.6 is 23.2 Å². The number of ether oxygens (including phenoxy) is 1. The Morgan fingerprint density at radius 3 is 2.79 bits per heavy atom. The summed E-state index contributed by atoms with van der Waals surface area (Å²) in [6.07, 6.45) is 2.97. The minimum absolute atomic E-state index is 0.180. The van der Waals surface area contributed by atoms with Gasteiger partial charge in [0.2, 0.25) is 5.91 Å². The van der Waals surface area contributed by atoms with Gasteiger partial charge in [-0.15, -0.1) is 0 Å². The molecule has 0 aliphatic rings. The third kappa shape index (κ3) is 5.61. The van der Waals surface area contributed by atoms with Gasteiger partial charge in [-0.1, -0.05) is 29.3 Å². The van der Waals surface area contributed by atoms with Gasteiger partial charge in [0.25, 0.3) is 0 Å². The highest BCUT2D eigenvalue weighted by Gasteiger charge is 2.08. The van der Waals surface area contributed by atoms with Crippen molar-refractivity contribution in [3.8, 4) is 0 Å². The average Bonchev–Trinajstić information content (AvgIpc) is 2.39. The van der Waals surface area contributed by atoms with Gasteiger partial charge >= 0.3 is 0 Å². The lowest BCUT2D eigenvalue weighted by Crippen LogP contribution is -2.39. The highest BCUT2D eigenvalue weighted by molar-refractivity contribution is 6.42. The number of aliphatic hydroxyl groups is 1. The molecule has 0 bridgehead atoms. The van der Waals surface area contributed by atoms with Crippen molar-refractivity contribution in [1.82, 2.24) is 5.32 Å². The van der Waals surface area contributed by atoms with E-state index < -0.39 is 6.04 Å². The summed E-state index contributed by atoms with van der Waals surface area (Å²) in [4.78, 5) is 11.6. The lowest BCUT2D eigenvalue weighted by atomic mass is 10.2. The fraction of sp³-hybridized carbons (Fsp3) is 0.308. The number of halogens is 2. The molecule has 1 atom stereocenters. The molecular formula is C13H15Cl2NO3. The molecule has 1 aromatic rings. The van der Waals surface area contributed by atoms with Crippen molar-refractivity contribution in [2.75, 3.05) is 20.3 Å². The van der Waals surface area contributed by atoms with Crippen LogP contribution in [0.4, 0.5) is 0 Å². The third-order valence-electron chi connectivity index (χ3n) is 2.31. The van der Waals surface area contributed by atoms with Crippen molar-refractivity contribution in [2.24, 2.45) is 0 Å². The number of carbonyl (C=O) groups excluding carboxylic acids is 1. The molecule has 1 rings (SSSR count). The molecule has 1 unspecified atom stereocenters. The zero-order valence-corrected chi connectivity index (χ0v) is 11.9. The number of nitrogens with one attached hydrogen (secondary N) is 1. The molecule has 2 N–H and O–H groups in total. The fourth-order valence-corrected chi connectivity index (χ4v) is 1.68. The van der Waals surface area contributed by atoms with E-state index in [0.717, 1.165) is 5.56 Å². The lowest BCUT2D eigenvalue weighted by Gasteiger charge is -2.13. The van der Waals surface area contributed by atoms with Gasteiger partial charge in [0, 0.05) is 13.2 Å². The van der Waals surface area contributed by atoms with Crippen LogP contribution in [0.25, 0.3) is 6.08 Å². The molecule has 0 fully saturated rings. The van der Waals surface area contributed by atoms with E-state index in [1.165, 1.54) is 13.2 Å². The van der Waals surface area contributed by atoms with E-state index in [1.54, 1.807) is 24.3 Å². The first kappa shape index (κ1) is 16.0. The summed E-state index contributed by atoms with van der Waals surface area (Å²) in [5, 5.41) is 12.5. The maximum Gasteiger partial charge on any atom is 0.244 e. The Balaban J connectivity index is 2.60. The summed E-state index contributed by atoms with van der Waals surface area (Å²) in [6, 6.07) is 4.64. The lowest BCUT2D eigenvalue weighted by molar-refractivity contribution is -0.117. The van der Waals surface area contributed by atoms with Crippen molar-refractivity contribution in [3.05, 3.63) is 39.9 Å². The smallest absolute Gasteiger partial charge is 0.244 e. The van der Waals surface area contributed by atoms with Gasteiger partial charge in [-0.25, -0.2) is 0 Å². The van der Waals surface area contributed by atoms with E-state index >= 15 is 0 Å². The normalized spacial score (nSPS) is 12.6. The number of rotatable bonds is 6. The Morgan fingerprint density at radius 2 is 2.21 bits per heavy atom. The van der Waals surface area contributed by atoms with Crippen LogP contribution in [0.15, 0.2) is 24.3 Å². The summed E-state index contributed by atoms with van der Waals surface area (Å²) in [7, 11) is 1.50. The molecule has 0 spiro atoms. The van der Waals surface area contributed by atoms with Crippen LogP contribution in [0.1, 0.15) is 5.56 Å². The fourth-order valence-electron chi connectivity index (χ4n) is 1.38. The molecule has 1 amide bonds. The summed E-state index contributed by atoms with van der Waals surface area (Å²) < 4.78 is 4.86. The molecule has 0 heterocycles. The molecule has 19 heavy (non-hydrogen) atoms. The van der Waals surface area contributed by atoms with Gasteiger partial charge in [0.15, 0.2) is 0 Å². The number of hydrogen-bond donors (Lipinski definition) is 2. The molecule has 6 heteroatoms. The average molecular weight is 304 g/mol. The van der Waals surface area contributed by atoms with Crippen LogP contribution in [-0.4, -0.2) is 37.4 Å². The van der Waals surface area contributed by atoms with Gasteiger partial charge in [-0.2, -0.15) is 0 Å². The zero-order valence-electron chi connectivity index (χ0n) is 10.4. The van der Waals surface area contributed by atoms with E-state index in [0.29, 0.717) is 10.0 Å². The molecule has 0 aromatic heterocycles. The predicted octanol–water partition coefficient (Wildman–Crippen LogP) is 2.13. The third-order valence-corrected chi connectivity index (χ3v) is 3.04. The van der Waals surface area contributed by atoms with Gasteiger partial charge < -0.3 is 15.2 Å². The summed E-state index contributed by atoms with van der Waals surface area (Å²) in [5.74, 6) is -0.317. The van der Waals surface area contributed by atoms with Gasteiger partial charge in [0.05, 0.1) is 29.3 Å². The SMILES string of the molecule is COCC(CO)NC(=O)/C=C/c1ccc(Cl)c(Cl)c1. The number of aliphatic hydroxyl groups excluding tert-OH is 1. The summed E-state index contributed by atoms with van der Waals surface area (Å²) in [5.41, 5.74) is 0.761. The van der Waals surface area contributed by atoms with Crippen molar-refractivity contribution in [2.45, 2.75) is 6.04 Å². The van der Waals surface area contributed by atoms with Crippen molar-refractivity contribution < 1.29 is 14.6 Å². The maximum atomic E-state index is 11.6. The first-order valence-electron chi connectivity index (χ1n) is 5.60. The Bertz CT molecular complexity index is 463. The monoisotopic (exact) mass is 303 g/mol. The maximum absolute atomic E-state index is 11.6. The second kappa shape index (κ2) is 8.17. The first-order chi connectivity index (χ1) is 9.06. The number of methoxy groups -OCH3 is 1. The second-order valence-electron chi connectivity index (χ2n) is 3.85. The Kier molecular flexibility index (Phi) is 6.87. The van der Waals surface area contributed by atoms with Crippen LogP contribution in [0.3, 0.4) is 0 Å². The molecule has 0 radical (unpaired) electrons. The van der Waals surface area contributed by atoms with Gasteiger partial charge in [-0.05, 0) is 23.8 Å². The van der Waals surface area contributed by atoms with Crippen LogP contribution < -0.4 is 5.32 Å². The minimum atomic E-state index is -0.420. The van der Waals surface area contributed by atoms with Crippen LogP contribution in [0, 0.1) is 0 Å². The zero-order chi connectivity index (χ0) is 14.3. The quantitative estimate of drug-likeness (QED) is 0.792. The Hall–Kier alpha value is -1.07. The molecule has 4 nitrogen and oxygen atoms in total. The second-order valence-corrected chi connectivity index (χ2v) is 4.66. The standard InChI is InChI=1S/C13H15Cl2NO3/c1-19-8-10(7-17)16-13(18)5-3-9-2-4-11(14)12(15)6-9/h2-6,10,17H,7-8H2,1H3,(H,16,18)/b5-3+. The predicted molar refractivity (Wildman–Crippen MR) is 76.4 cm³/mol. The first-order valence-corrected chi connectivity index (χ1v) is 6.36. The number of carbonyl (C=O) groups is 1. The topological polar surface area (TPSA) is 58.6 Å². The molecule has 0 saturated carbocycles. The van der Waals surface area contributed by atoms with Crippen molar-refractivity contribution >= 4 is 35.2 Å². The van der Waals surface area contributed by atoms with Crippen molar-refractivity contribution in [1.29, 1.82) is 0 Å². The van der Waals surface area contributed by atoms with E-state index in [4.69, 9.17) is 33.0 Å². The van der Waals surface area contributed by atoms with Crippen LogP contribution in [-0.2, 0) is 9.53 Å². The van der Waals surface area contributed by atoms with Gasteiger partial charge in [-0.3, -0.25) is 4.79 Å². The molecule has 0 aliphatic carbocycles. The Labute approximate surface area is 122 Å². The molecule has 0 aliphatic heterocycles. The van der Waals surface area contributed by atoms with Gasteiger partial charge in [0.1, 0.15) is 0 Å². The van der Waals surface area contributed by atoms with E-state index in [2.05, 4.69) is 5.32 Å². The number of hydrogen-bond acceptors (Lipinski definition) is 3. The van der Waals surface area contributed by atoms with Crippen molar-refractivity contribution in [3.63, 3.8) is 0 Å². The molecule has 104 valence electrons. The number of amides is 1. The molecule has 1 aromatic carbocycles. The largest absolute Gasteiger partial charge is 0.394 e. The number of benzene rings is 1. The van der Waals surface area contributed by atoms with E-state index in [1.807, 2.05) is 0 Å². The van der Waals surface area contributed by atoms with E-state index in [-0.39, 0.29) is 19.1 Å². The van der Waals surface area contributed by atoms with Crippen LogP contribution in [0.2, 0.25) is 10.0 Å². The highest BCUT2D eigenvalue weighted by Crippen LogP contribution is 2.22. The van der Waals surface area contributed by atoms with Crippen LogP contribution in [0.5, 0.6) is 0 Å². The molecular weight excluding hydrogens is 289 g/mol. The highest BCUT2D eigenvalue weighted by atomic mass is 35.5.